The number of nitrogens with one attached hydrogen (secondary N) is 1. The van der Waals surface area contributed by atoms with E-state index in [9.17, 15) is 4.39 Å². The highest BCUT2D eigenvalue weighted by atomic mass is 127. The number of aromatic nitrogens is 2. The number of halogens is 2. The predicted octanol–water partition coefficient (Wildman–Crippen LogP) is 4.25. The van der Waals surface area contributed by atoms with Gasteiger partial charge in [-0.2, -0.15) is 5.10 Å². The summed E-state index contributed by atoms with van der Waals surface area (Å²) in [5.41, 5.74) is 3.36. The van der Waals surface area contributed by atoms with Gasteiger partial charge in [-0.25, -0.2) is 9.07 Å². The minimum atomic E-state index is -0.232. The molecule has 0 saturated carbocycles. The molecule has 0 amide bonds. The van der Waals surface area contributed by atoms with Crippen molar-refractivity contribution in [3.63, 3.8) is 0 Å². The van der Waals surface area contributed by atoms with Crippen LogP contribution in [-0.4, -0.2) is 16.3 Å². The molecular formula is C17H13FIN3. The maximum atomic E-state index is 14.1. The van der Waals surface area contributed by atoms with Crippen molar-refractivity contribution in [1.29, 1.82) is 0 Å². The zero-order valence-electron chi connectivity index (χ0n) is 11.7. The quantitative estimate of drug-likeness (QED) is 0.647. The van der Waals surface area contributed by atoms with Gasteiger partial charge >= 0.3 is 0 Å². The molecule has 1 N–H and O–H groups in total. The van der Waals surface area contributed by atoms with Crippen LogP contribution in [0.2, 0.25) is 0 Å². The van der Waals surface area contributed by atoms with E-state index >= 15 is 0 Å². The molecule has 0 spiro atoms. The number of benzene rings is 2. The lowest BCUT2D eigenvalue weighted by Gasteiger charge is -2.06. The van der Waals surface area contributed by atoms with Crippen molar-refractivity contribution < 1.29 is 4.39 Å². The average Bonchev–Trinajstić information content (AvgIpc) is 3.11. The van der Waals surface area contributed by atoms with Gasteiger partial charge in [0.2, 0.25) is 0 Å². The molecule has 0 radical (unpaired) electrons. The average molecular weight is 405 g/mol. The fraction of sp³-hybridized carbons (Fsp3) is 0.118. The van der Waals surface area contributed by atoms with Crippen molar-refractivity contribution in [3.05, 3.63) is 63.5 Å². The molecule has 0 saturated heterocycles. The van der Waals surface area contributed by atoms with Gasteiger partial charge in [0.25, 0.3) is 0 Å². The molecule has 2 heterocycles. The number of hydrogen-bond donors (Lipinski definition) is 1. The maximum absolute atomic E-state index is 14.1. The van der Waals surface area contributed by atoms with Gasteiger partial charge in [0.1, 0.15) is 17.3 Å². The number of fused-ring (bicyclic) bond motifs is 1. The molecule has 1 aliphatic heterocycles. The van der Waals surface area contributed by atoms with Crippen LogP contribution in [0.3, 0.4) is 0 Å². The summed E-state index contributed by atoms with van der Waals surface area (Å²) < 4.78 is 17.2. The highest BCUT2D eigenvalue weighted by Gasteiger charge is 2.25. The van der Waals surface area contributed by atoms with E-state index in [1.165, 1.54) is 9.64 Å². The van der Waals surface area contributed by atoms with Gasteiger partial charge < -0.3 is 5.32 Å². The summed E-state index contributed by atoms with van der Waals surface area (Å²) in [4.78, 5) is 0. The Hall–Kier alpha value is -1.89. The van der Waals surface area contributed by atoms with Crippen LogP contribution in [0.4, 0.5) is 10.2 Å². The largest absolute Gasteiger partial charge is 0.369 e. The van der Waals surface area contributed by atoms with Gasteiger partial charge in [0.05, 0.1) is 5.69 Å². The zero-order valence-corrected chi connectivity index (χ0v) is 13.8. The zero-order chi connectivity index (χ0) is 15.1. The minimum absolute atomic E-state index is 0.232. The van der Waals surface area contributed by atoms with Gasteiger partial charge in [-0.1, -0.05) is 12.1 Å². The Morgan fingerprint density at radius 2 is 1.86 bits per heavy atom. The Bertz CT molecular complexity index is 840. The summed E-state index contributed by atoms with van der Waals surface area (Å²) in [6.07, 6.45) is 0.864. The third kappa shape index (κ3) is 2.20. The fourth-order valence-corrected chi connectivity index (χ4v) is 3.17. The van der Waals surface area contributed by atoms with E-state index in [-0.39, 0.29) is 5.82 Å². The lowest BCUT2D eigenvalue weighted by Crippen LogP contribution is -2.04. The highest BCUT2D eigenvalue weighted by molar-refractivity contribution is 14.1. The second kappa shape index (κ2) is 5.39. The van der Waals surface area contributed by atoms with Crippen molar-refractivity contribution in [2.75, 3.05) is 11.9 Å². The van der Waals surface area contributed by atoms with Crippen LogP contribution in [0, 0.1) is 9.39 Å². The van der Waals surface area contributed by atoms with Crippen LogP contribution < -0.4 is 5.32 Å². The second-order valence-corrected chi connectivity index (χ2v) is 6.47. The molecule has 1 aliphatic rings. The SMILES string of the molecule is Fc1ccccc1-c1nn(-c2ccc(I)cc2)c2c1CCN2. The van der Waals surface area contributed by atoms with E-state index in [1.807, 2.05) is 35.0 Å². The van der Waals surface area contributed by atoms with Crippen LogP contribution in [0.1, 0.15) is 5.56 Å². The summed E-state index contributed by atoms with van der Waals surface area (Å²) in [7, 11) is 0. The molecule has 0 unspecified atom stereocenters. The molecule has 3 aromatic rings. The van der Waals surface area contributed by atoms with E-state index < -0.39 is 0 Å². The normalized spacial score (nSPS) is 13.0. The first-order valence-corrected chi connectivity index (χ1v) is 8.18. The summed E-state index contributed by atoms with van der Waals surface area (Å²) in [5, 5.41) is 8.04. The standard InChI is InChI=1S/C17H13FIN3/c18-15-4-2-1-3-13(15)16-14-9-10-20-17(14)22(21-16)12-7-5-11(19)6-8-12/h1-8,20H,9-10H2. The van der Waals surface area contributed by atoms with Crippen LogP contribution in [0.5, 0.6) is 0 Å². The molecular weight excluding hydrogens is 392 g/mol. The summed E-state index contributed by atoms with van der Waals surface area (Å²) in [6.45, 7) is 0.860. The lowest BCUT2D eigenvalue weighted by molar-refractivity contribution is 0.630. The van der Waals surface area contributed by atoms with Gasteiger partial charge in [-0.05, 0) is 65.4 Å². The molecule has 1 aromatic heterocycles. The van der Waals surface area contributed by atoms with Gasteiger partial charge in [-0.15, -0.1) is 0 Å². The third-order valence-electron chi connectivity index (χ3n) is 3.85. The number of rotatable bonds is 2. The molecule has 5 heteroatoms. The fourth-order valence-electron chi connectivity index (χ4n) is 2.81. The van der Waals surface area contributed by atoms with E-state index in [1.54, 1.807) is 12.1 Å². The molecule has 3 nitrogen and oxygen atoms in total. The van der Waals surface area contributed by atoms with E-state index in [0.29, 0.717) is 5.56 Å². The Labute approximate surface area is 141 Å². The van der Waals surface area contributed by atoms with Crippen LogP contribution >= 0.6 is 22.6 Å². The molecule has 0 bridgehead atoms. The predicted molar refractivity (Wildman–Crippen MR) is 93.9 cm³/mol. The van der Waals surface area contributed by atoms with Crippen molar-refractivity contribution in [2.45, 2.75) is 6.42 Å². The Morgan fingerprint density at radius 1 is 1.09 bits per heavy atom. The Morgan fingerprint density at radius 3 is 2.64 bits per heavy atom. The second-order valence-electron chi connectivity index (χ2n) is 5.22. The molecule has 0 fully saturated rings. The van der Waals surface area contributed by atoms with Crippen molar-refractivity contribution in [1.82, 2.24) is 9.78 Å². The van der Waals surface area contributed by atoms with Crippen molar-refractivity contribution in [2.24, 2.45) is 0 Å². The van der Waals surface area contributed by atoms with Gasteiger partial charge in [0.15, 0.2) is 0 Å². The van der Waals surface area contributed by atoms with E-state index in [0.717, 1.165) is 35.7 Å². The number of nitrogens with zero attached hydrogens (tertiary/aromatic N) is 2. The first kappa shape index (κ1) is 13.8. The Balaban J connectivity index is 1.90. The maximum Gasteiger partial charge on any atom is 0.133 e. The topological polar surface area (TPSA) is 29.9 Å². The third-order valence-corrected chi connectivity index (χ3v) is 4.57. The summed E-state index contributed by atoms with van der Waals surface area (Å²) in [6, 6.07) is 15.0. The number of anilines is 1. The van der Waals surface area contributed by atoms with Crippen LogP contribution in [-0.2, 0) is 6.42 Å². The van der Waals surface area contributed by atoms with E-state index in [4.69, 9.17) is 0 Å². The molecule has 110 valence electrons. The van der Waals surface area contributed by atoms with Crippen LogP contribution in [0.15, 0.2) is 48.5 Å². The highest BCUT2D eigenvalue weighted by Crippen LogP contribution is 2.35. The summed E-state index contributed by atoms with van der Waals surface area (Å²) >= 11 is 2.28. The van der Waals surface area contributed by atoms with Crippen molar-refractivity contribution in [3.8, 4) is 16.9 Å². The first-order valence-electron chi connectivity index (χ1n) is 7.10. The van der Waals surface area contributed by atoms with E-state index in [2.05, 4.69) is 33.0 Å². The molecule has 4 rings (SSSR count). The van der Waals surface area contributed by atoms with Crippen molar-refractivity contribution >= 4 is 28.4 Å². The summed E-state index contributed by atoms with van der Waals surface area (Å²) in [5.74, 6) is 0.740. The molecule has 2 aromatic carbocycles. The molecule has 0 atom stereocenters. The monoisotopic (exact) mass is 405 g/mol. The smallest absolute Gasteiger partial charge is 0.133 e. The van der Waals surface area contributed by atoms with Crippen LogP contribution in [0.25, 0.3) is 16.9 Å². The number of hydrogen-bond acceptors (Lipinski definition) is 2. The molecule has 22 heavy (non-hydrogen) atoms. The van der Waals surface area contributed by atoms with Gasteiger partial charge in [0, 0.05) is 21.2 Å². The lowest BCUT2D eigenvalue weighted by atomic mass is 10.1. The molecule has 0 aliphatic carbocycles. The first-order chi connectivity index (χ1) is 10.7. The minimum Gasteiger partial charge on any atom is -0.369 e. The Kier molecular flexibility index (Phi) is 3.37. The van der Waals surface area contributed by atoms with Gasteiger partial charge in [-0.3, -0.25) is 0 Å².